The van der Waals surface area contributed by atoms with Gasteiger partial charge in [-0.25, -0.2) is 4.39 Å². The van der Waals surface area contributed by atoms with Crippen LogP contribution in [0.25, 0.3) is 0 Å². The molecule has 1 aromatic rings. The number of Topliss-reactive ketones (excluding diaryl/α,β-unsaturated/α-hetero) is 2. The van der Waals surface area contributed by atoms with E-state index in [-0.39, 0.29) is 24.1 Å². The summed E-state index contributed by atoms with van der Waals surface area (Å²) in [5.41, 5.74) is 0.737. The van der Waals surface area contributed by atoms with Gasteiger partial charge in [-0.3, -0.25) is 14.4 Å². The molecule has 0 spiro atoms. The molecule has 0 radical (unpaired) electrons. The number of carbonyl (C=O) groups excluding carboxylic acids is 3. The Balaban J connectivity index is 2.28. The van der Waals surface area contributed by atoms with Crippen LogP contribution in [0.3, 0.4) is 0 Å². The van der Waals surface area contributed by atoms with E-state index < -0.39 is 23.7 Å². The SMILES string of the molecule is CC(=O)C1C(=O)[C@H](CC(C)C)N(Cc2ccc(F)cc2)C1=O. The third kappa shape index (κ3) is 3.24. The van der Waals surface area contributed by atoms with E-state index >= 15 is 0 Å². The summed E-state index contributed by atoms with van der Waals surface area (Å²) < 4.78 is 13.0. The first-order valence-electron chi connectivity index (χ1n) is 7.40. The largest absolute Gasteiger partial charge is 0.327 e. The minimum absolute atomic E-state index is 0.214. The van der Waals surface area contributed by atoms with Gasteiger partial charge < -0.3 is 4.90 Å². The van der Waals surface area contributed by atoms with Gasteiger partial charge in [0.05, 0.1) is 6.04 Å². The Morgan fingerprint density at radius 2 is 1.82 bits per heavy atom. The molecule has 5 heteroatoms. The number of nitrogens with zero attached hydrogens (tertiary/aromatic N) is 1. The van der Waals surface area contributed by atoms with Crippen molar-refractivity contribution in [2.45, 2.75) is 39.8 Å². The Labute approximate surface area is 129 Å². The minimum Gasteiger partial charge on any atom is -0.327 e. The summed E-state index contributed by atoms with van der Waals surface area (Å²) in [5.74, 6) is -2.47. The fourth-order valence-corrected chi connectivity index (χ4v) is 2.83. The normalized spacial score (nSPS) is 21.8. The maximum absolute atomic E-state index is 13.0. The second kappa shape index (κ2) is 6.38. The predicted octanol–water partition coefficient (Wildman–Crippen LogP) is 2.36. The van der Waals surface area contributed by atoms with Crippen LogP contribution in [0, 0.1) is 17.7 Å². The number of carbonyl (C=O) groups is 3. The first-order chi connectivity index (χ1) is 10.3. The average molecular weight is 305 g/mol. The molecule has 0 aliphatic carbocycles. The molecule has 2 atom stereocenters. The van der Waals surface area contributed by atoms with E-state index in [4.69, 9.17) is 0 Å². The fraction of sp³-hybridized carbons (Fsp3) is 0.471. The van der Waals surface area contributed by atoms with Crippen LogP contribution in [0.2, 0.25) is 0 Å². The molecule has 1 unspecified atom stereocenters. The van der Waals surface area contributed by atoms with E-state index in [9.17, 15) is 18.8 Å². The summed E-state index contributed by atoms with van der Waals surface area (Å²) in [4.78, 5) is 37.9. The van der Waals surface area contributed by atoms with Gasteiger partial charge in [0.25, 0.3) is 0 Å². The van der Waals surface area contributed by atoms with E-state index in [1.54, 1.807) is 12.1 Å². The molecule has 22 heavy (non-hydrogen) atoms. The number of halogens is 1. The lowest BCUT2D eigenvalue weighted by atomic mass is 9.94. The van der Waals surface area contributed by atoms with Gasteiger partial charge in [-0.1, -0.05) is 26.0 Å². The Morgan fingerprint density at radius 3 is 2.32 bits per heavy atom. The molecule has 0 N–H and O–H groups in total. The van der Waals surface area contributed by atoms with Crippen LogP contribution in [0.15, 0.2) is 24.3 Å². The quantitative estimate of drug-likeness (QED) is 0.785. The number of hydrogen-bond donors (Lipinski definition) is 0. The van der Waals surface area contributed by atoms with Crippen LogP contribution in [0.5, 0.6) is 0 Å². The summed E-state index contributed by atoms with van der Waals surface area (Å²) in [6, 6.07) is 5.22. The molecule has 1 heterocycles. The Kier molecular flexibility index (Phi) is 4.74. The van der Waals surface area contributed by atoms with Crippen LogP contribution in [0.4, 0.5) is 4.39 Å². The van der Waals surface area contributed by atoms with Crippen molar-refractivity contribution in [3.63, 3.8) is 0 Å². The van der Waals surface area contributed by atoms with Gasteiger partial charge in [-0.2, -0.15) is 0 Å². The molecule has 1 aliphatic rings. The number of likely N-dealkylation sites (tertiary alicyclic amines) is 1. The summed E-state index contributed by atoms with van der Waals surface area (Å²) in [6.45, 7) is 5.42. The van der Waals surface area contributed by atoms with Crippen molar-refractivity contribution >= 4 is 17.5 Å². The van der Waals surface area contributed by atoms with Crippen LogP contribution >= 0.6 is 0 Å². The zero-order chi connectivity index (χ0) is 16.4. The second-order valence-electron chi connectivity index (χ2n) is 6.18. The highest BCUT2D eigenvalue weighted by atomic mass is 19.1. The van der Waals surface area contributed by atoms with Crippen molar-refractivity contribution in [1.82, 2.24) is 4.90 Å². The molecule has 1 aliphatic heterocycles. The lowest BCUT2D eigenvalue weighted by Crippen LogP contribution is -2.36. The van der Waals surface area contributed by atoms with Crippen molar-refractivity contribution in [3.05, 3.63) is 35.6 Å². The summed E-state index contributed by atoms with van der Waals surface area (Å²) >= 11 is 0. The maximum Gasteiger partial charge on any atom is 0.241 e. The number of amides is 1. The highest BCUT2D eigenvalue weighted by molar-refractivity contribution is 6.23. The first-order valence-corrected chi connectivity index (χ1v) is 7.40. The molecule has 0 saturated carbocycles. The van der Waals surface area contributed by atoms with E-state index in [1.165, 1.54) is 24.0 Å². The Morgan fingerprint density at radius 1 is 1.23 bits per heavy atom. The fourth-order valence-electron chi connectivity index (χ4n) is 2.83. The van der Waals surface area contributed by atoms with Gasteiger partial charge in [0.2, 0.25) is 5.91 Å². The van der Waals surface area contributed by atoms with E-state index in [0.717, 1.165) is 5.56 Å². The van der Waals surface area contributed by atoms with Gasteiger partial charge in [0, 0.05) is 6.54 Å². The molecule has 1 saturated heterocycles. The number of hydrogen-bond acceptors (Lipinski definition) is 3. The van der Waals surface area contributed by atoms with E-state index in [0.29, 0.717) is 6.42 Å². The Bertz CT molecular complexity index is 594. The zero-order valence-electron chi connectivity index (χ0n) is 13.0. The molecular formula is C17H20FNO3. The molecule has 0 aromatic heterocycles. The summed E-state index contributed by atoms with van der Waals surface area (Å²) in [5, 5.41) is 0. The van der Waals surface area contributed by atoms with Gasteiger partial charge in [-0.05, 0) is 37.0 Å². The topological polar surface area (TPSA) is 54.5 Å². The van der Waals surface area contributed by atoms with Crippen molar-refractivity contribution < 1.29 is 18.8 Å². The van der Waals surface area contributed by atoms with Crippen LogP contribution in [0.1, 0.15) is 32.8 Å². The van der Waals surface area contributed by atoms with Crippen LogP contribution in [-0.2, 0) is 20.9 Å². The van der Waals surface area contributed by atoms with Crippen LogP contribution < -0.4 is 0 Å². The van der Waals surface area contributed by atoms with Crippen molar-refractivity contribution in [2.75, 3.05) is 0 Å². The minimum atomic E-state index is -1.18. The van der Waals surface area contributed by atoms with Gasteiger partial charge in [0.1, 0.15) is 11.6 Å². The van der Waals surface area contributed by atoms with Gasteiger partial charge in [0.15, 0.2) is 11.7 Å². The van der Waals surface area contributed by atoms with Crippen molar-refractivity contribution in [1.29, 1.82) is 0 Å². The van der Waals surface area contributed by atoms with E-state index in [2.05, 4.69) is 0 Å². The number of rotatable bonds is 5. The third-order valence-electron chi connectivity index (χ3n) is 3.89. The van der Waals surface area contributed by atoms with Crippen LogP contribution in [-0.4, -0.2) is 28.4 Å². The predicted molar refractivity (Wildman–Crippen MR) is 79.4 cm³/mol. The lowest BCUT2D eigenvalue weighted by molar-refractivity contribution is -0.138. The monoisotopic (exact) mass is 305 g/mol. The molecule has 4 nitrogen and oxygen atoms in total. The third-order valence-corrected chi connectivity index (χ3v) is 3.89. The molecule has 2 rings (SSSR count). The highest BCUT2D eigenvalue weighted by Crippen LogP contribution is 2.28. The van der Waals surface area contributed by atoms with Gasteiger partial charge in [-0.15, -0.1) is 0 Å². The van der Waals surface area contributed by atoms with Crippen molar-refractivity contribution in [2.24, 2.45) is 11.8 Å². The number of benzene rings is 1. The summed E-state index contributed by atoms with van der Waals surface area (Å²) in [6.07, 6.45) is 0.523. The molecule has 1 fully saturated rings. The average Bonchev–Trinajstić information content (AvgIpc) is 2.65. The molecular weight excluding hydrogens is 285 g/mol. The molecule has 0 bridgehead atoms. The van der Waals surface area contributed by atoms with Crippen molar-refractivity contribution in [3.8, 4) is 0 Å². The maximum atomic E-state index is 13.0. The molecule has 1 aromatic carbocycles. The second-order valence-corrected chi connectivity index (χ2v) is 6.18. The van der Waals surface area contributed by atoms with E-state index in [1.807, 2.05) is 13.8 Å². The lowest BCUT2D eigenvalue weighted by Gasteiger charge is -2.24. The Hall–Kier alpha value is -2.04. The zero-order valence-corrected chi connectivity index (χ0v) is 13.0. The molecule has 1 amide bonds. The van der Waals surface area contributed by atoms with Gasteiger partial charge >= 0.3 is 0 Å². The first kappa shape index (κ1) is 16.3. The highest BCUT2D eigenvalue weighted by Gasteiger charge is 2.49. The number of ketones is 2. The smallest absolute Gasteiger partial charge is 0.241 e. The molecule has 118 valence electrons. The standard InChI is InChI=1S/C17H20FNO3/c1-10(2)8-14-16(21)15(11(3)20)17(22)19(14)9-12-4-6-13(18)7-5-12/h4-7,10,14-15H,8-9H2,1-3H3/t14-,15?/m0/s1. The summed E-state index contributed by atoms with van der Waals surface area (Å²) in [7, 11) is 0.